The van der Waals surface area contributed by atoms with Crippen LogP contribution in [0.25, 0.3) is 5.76 Å². The van der Waals surface area contributed by atoms with Crippen LogP contribution in [-0.4, -0.2) is 12.0 Å². The Balaban J connectivity index is 2.21. The van der Waals surface area contributed by atoms with Crippen LogP contribution in [0.2, 0.25) is 0 Å². The van der Waals surface area contributed by atoms with Crippen molar-refractivity contribution in [3.05, 3.63) is 46.6 Å². The van der Waals surface area contributed by atoms with Crippen LogP contribution in [0.15, 0.2) is 41.0 Å². The number of ether oxygens (including phenoxy) is 1. The van der Waals surface area contributed by atoms with E-state index in [2.05, 4.69) is 4.99 Å². The summed E-state index contributed by atoms with van der Waals surface area (Å²) in [5.41, 5.74) is 5.87. The van der Waals surface area contributed by atoms with Gasteiger partial charge in [0.2, 0.25) is 0 Å². The van der Waals surface area contributed by atoms with Gasteiger partial charge < -0.3 is 10.5 Å². The first-order valence-electron chi connectivity index (χ1n) is 4.62. The normalized spacial score (nSPS) is 21.2. The number of fused-ring (bicyclic) bond motifs is 2. The van der Waals surface area contributed by atoms with Crippen LogP contribution in [0.5, 0.6) is 0 Å². The van der Waals surface area contributed by atoms with E-state index >= 15 is 0 Å². The first kappa shape index (κ1) is 8.23. The standard InChI is InChI=1S/C11H8N2O2/c12-11(14)9-5-8-10(15-9)6-3-1-2-4-7(6)13-8/h1-5,9H,(H2,12,14). The van der Waals surface area contributed by atoms with Crippen LogP contribution in [0.3, 0.4) is 0 Å². The Morgan fingerprint density at radius 1 is 1.40 bits per heavy atom. The Morgan fingerprint density at radius 2 is 2.20 bits per heavy atom. The van der Waals surface area contributed by atoms with Gasteiger partial charge in [0.15, 0.2) is 11.9 Å². The number of nitrogens with two attached hydrogens (primary N) is 1. The maximum Gasteiger partial charge on any atom is 0.262 e. The van der Waals surface area contributed by atoms with Gasteiger partial charge in [0.1, 0.15) is 5.70 Å². The quantitative estimate of drug-likeness (QED) is 0.644. The van der Waals surface area contributed by atoms with Crippen molar-refractivity contribution in [2.75, 3.05) is 0 Å². The minimum absolute atomic E-state index is 0.489. The number of primary amides is 1. The van der Waals surface area contributed by atoms with Crippen molar-refractivity contribution in [2.45, 2.75) is 6.10 Å². The van der Waals surface area contributed by atoms with E-state index < -0.39 is 12.0 Å². The van der Waals surface area contributed by atoms with Gasteiger partial charge in [-0.05, 0) is 18.2 Å². The van der Waals surface area contributed by atoms with Crippen molar-refractivity contribution < 1.29 is 9.53 Å². The monoisotopic (exact) mass is 200 g/mol. The molecular weight excluding hydrogens is 192 g/mol. The van der Waals surface area contributed by atoms with E-state index in [0.717, 1.165) is 10.6 Å². The number of amides is 1. The number of hydrogen-bond acceptors (Lipinski definition) is 3. The topological polar surface area (TPSA) is 64.7 Å². The number of nitrogens with zero attached hydrogens (tertiary/aromatic N) is 1. The molecule has 4 heteroatoms. The molecule has 2 aliphatic rings. The van der Waals surface area contributed by atoms with Crippen LogP contribution >= 0.6 is 0 Å². The average molecular weight is 200 g/mol. The maximum absolute atomic E-state index is 10.9. The predicted molar refractivity (Wildman–Crippen MR) is 52.8 cm³/mol. The second kappa shape index (κ2) is 2.70. The Hall–Kier alpha value is -2.10. The van der Waals surface area contributed by atoms with Crippen LogP contribution in [0, 0.1) is 0 Å². The molecule has 1 unspecified atom stereocenters. The lowest BCUT2D eigenvalue weighted by molar-refractivity contribution is -0.123. The highest BCUT2D eigenvalue weighted by Gasteiger charge is 2.28. The summed E-state index contributed by atoms with van der Waals surface area (Å²) in [6, 6.07) is 7.64. The molecule has 1 amide bonds. The Morgan fingerprint density at radius 3 is 3.00 bits per heavy atom. The van der Waals surface area contributed by atoms with Crippen LogP contribution in [-0.2, 0) is 9.53 Å². The fraction of sp³-hybridized carbons (Fsp3) is 0.0909. The summed E-state index contributed by atoms with van der Waals surface area (Å²) in [5.74, 6) is 0.173. The summed E-state index contributed by atoms with van der Waals surface area (Å²) in [4.78, 5) is 15.3. The van der Waals surface area contributed by atoms with Crippen molar-refractivity contribution in [1.82, 2.24) is 0 Å². The van der Waals surface area contributed by atoms with Crippen LogP contribution < -0.4 is 16.3 Å². The number of para-hydroxylation sites is 1. The predicted octanol–water partition coefficient (Wildman–Crippen LogP) is -0.804. The molecular formula is C11H8N2O2. The highest BCUT2D eigenvalue weighted by molar-refractivity contribution is 5.85. The summed E-state index contributed by atoms with van der Waals surface area (Å²) >= 11 is 0. The minimum Gasteiger partial charge on any atom is -0.473 e. The Labute approximate surface area is 85.4 Å². The molecule has 1 aromatic carbocycles. The first-order chi connectivity index (χ1) is 7.25. The number of carbonyl (C=O) groups is 1. The lowest BCUT2D eigenvalue weighted by Crippen LogP contribution is -2.29. The molecule has 2 N–H and O–H groups in total. The van der Waals surface area contributed by atoms with Gasteiger partial charge >= 0.3 is 0 Å². The van der Waals surface area contributed by atoms with Crippen LogP contribution in [0.1, 0.15) is 0 Å². The van der Waals surface area contributed by atoms with Gasteiger partial charge in [-0.2, -0.15) is 0 Å². The van der Waals surface area contributed by atoms with E-state index in [1.165, 1.54) is 0 Å². The van der Waals surface area contributed by atoms with Crippen molar-refractivity contribution in [1.29, 1.82) is 0 Å². The zero-order chi connectivity index (χ0) is 10.4. The summed E-state index contributed by atoms with van der Waals surface area (Å²) in [5, 5.41) is 1.80. The van der Waals surface area contributed by atoms with Crippen LogP contribution in [0.4, 0.5) is 0 Å². The summed E-state index contributed by atoms with van der Waals surface area (Å²) in [7, 11) is 0. The zero-order valence-electron chi connectivity index (χ0n) is 7.81. The van der Waals surface area contributed by atoms with E-state index in [4.69, 9.17) is 10.5 Å². The highest BCUT2D eigenvalue weighted by Crippen LogP contribution is 2.25. The molecule has 0 aromatic heterocycles. The van der Waals surface area contributed by atoms with Gasteiger partial charge in [-0.1, -0.05) is 12.1 Å². The average Bonchev–Trinajstić information content (AvgIpc) is 2.73. The zero-order valence-corrected chi connectivity index (χ0v) is 7.81. The minimum atomic E-state index is -0.674. The lowest BCUT2D eigenvalue weighted by atomic mass is 10.2. The second-order valence-electron chi connectivity index (χ2n) is 3.45. The largest absolute Gasteiger partial charge is 0.473 e. The number of hydrogen-bond donors (Lipinski definition) is 1. The molecule has 2 heterocycles. The smallest absolute Gasteiger partial charge is 0.262 e. The van der Waals surface area contributed by atoms with E-state index in [0.29, 0.717) is 11.5 Å². The van der Waals surface area contributed by atoms with Crippen molar-refractivity contribution in [2.24, 2.45) is 10.7 Å². The molecule has 1 aromatic rings. The van der Waals surface area contributed by atoms with Gasteiger partial charge in [0.25, 0.3) is 5.91 Å². The van der Waals surface area contributed by atoms with Gasteiger partial charge in [0.05, 0.1) is 5.36 Å². The fourth-order valence-electron chi connectivity index (χ4n) is 1.76. The van der Waals surface area contributed by atoms with Gasteiger partial charge in [-0.3, -0.25) is 4.79 Å². The molecule has 3 rings (SSSR count). The van der Waals surface area contributed by atoms with E-state index in [-0.39, 0.29) is 0 Å². The van der Waals surface area contributed by atoms with E-state index in [9.17, 15) is 4.79 Å². The third-order valence-corrected chi connectivity index (χ3v) is 2.46. The highest BCUT2D eigenvalue weighted by atomic mass is 16.5. The van der Waals surface area contributed by atoms with Crippen molar-refractivity contribution in [3.63, 3.8) is 0 Å². The second-order valence-corrected chi connectivity index (χ2v) is 3.45. The Kier molecular flexibility index (Phi) is 1.48. The van der Waals surface area contributed by atoms with Gasteiger partial charge in [0, 0.05) is 5.22 Å². The van der Waals surface area contributed by atoms with Crippen molar-refractivity contribution in [3.8, 4) is 0 Å². The first-order valence-corrected chi connectivity index (χ1v) is 4.62. The molecule has 0 radical (unpaired) electrons. The summed E-state index contributed by atoms with van der Waals surface area (Å²) in [6.45, 7) is 0. The molecule has 15 heavy (non-hydrogen) atoms. The Bertz CT molecular complexity index is 601. The third kappa shape index (κ3) is 1.08. The molecule has 0 saturated carbocycles. The molecule has 1 atom stereocenters. The molecule has 0 spiro atoms. The number of benzene rings is 1. The summed E-state index contributed by atoms with van der Waals surface area (Å²) in [6.07, 6.45) is 0.976. The number of carbonyl (C=O) groups excluding carboxylic acids is 1. The summed E-state index contributed by atoms with van der Waals surface area (Å²) < 4.78 is 5.43. The maximum atomic E-state index is 10.9. The van der Waals surface area contributed by atoms with Gasteiger partial charge in [-0.15, -0.1) is 0 Å². The third-order valence-electron chi connectivity index (χ3n) is 2.46. The molecule has 0 aliphatic carbocycles. The molecule has 0 saturated heterocycles. The molecule has 0 bridgehead atoms. The van der Waals surface area contributed by atoms with Gasteiger partial charge in [-0.25, -0.2) is 4.99 Å². The molecule has 74 valence electrons. The van der Waals surface area contributed by atoms with E-state index in [1.807, 2.05) is 24.3 Å². The SMILES string of the molecule is NC(=O)C1C=C2N=c3ccccc3=C2O1. The van der Waals surface area contributed by atoms with Crippen molar-refractivity contribution >= 4 is 11.7 Å². The molecule has 0 fully saturated rings. The molecule has 2 aliphatic heterocycles. The number of rotatable bonds is 1. The molecule has 4 nitrogen and oxygen atoms in total. The fourth-order valence-corrected chi connectivity index (χ4v) is 1.76. The van der Waals surface area contributed by atoms with E-state index in [1.54, 1.807) is 6.08 Å². The lowest BCUT2D eigenvalue weighted by Gasteiger charge is -2.04.